The molecule has 0 aromatic heterocycles. The molecule has 0 aliphatic carbocycles. The van der Waals surface area contributed by atoms with Gasteiger partial charge in [-0.2, -0.15) is 0 Å². The summed E-state index contributed by atoms with van der Waals surface area (Å²) in [6.45, 7) is 4.98. The van der Waals surface area contributed by atoms with Gasteiger partial charge in [0.2, 0.25) is 0 Å². The summed E-state index contributed by atoms with van der Waals surface area (Å²) < 4.78 is 10.7. The maximum atomic E-state index is 10.5. The number of hydrogen-bond donors (Lipinski definition) is 2. The summed E-state index contributed by atoms with van der Waals surface area (Å²) in [5.74, 6) is 1.44. The zero-order valence-corrected chi connectivity index (χ0v) is 13.2. The maximum absolute atomic E-state index is 10.5. The molecule has 0 unspecified atom stereocenters. The fraction of sp³-hybridized carbons (Fsp3) is 0.250. The van der Waals surface area contributed by atoms with Crippen LogP contribution in [0.15, 0.2) is 48.5 Å². The number of hydrogen-bond acceptors (Lipinski definition) is 4. The molecule has 4 nitrogen and oxygen atoms in total. The van der Waals surface area contributed by atoms with Gasteiger partial charge in [0.25, 0.3) is 0 Å². The summed E-state index contributed by atoms with van der Waals surface area (Å²) in [5, 5.41) is 1.05. The van der Waals surface area contributed by atoms with Crippen molar-refractivity contribution < 1.29 is 19.1 Å². The second-order valence-corrected chi connectivity index (χ2v) is 7.09. The van der Waals surface area contributed by atoms with Gasteiger partial charge in [0.15, 0.2) is 0 Å². The van der Waals surface area contributed by atoms with Crippen molar-refractivity contribution in [1.82, 2.24) is 0 Å². The van der Waals surface area contributed by atoms with Gasteiger partial charge in [-0.15, -0.1) is 0 Å². The lowest BCUT2D eigenvalue weighted by atomic mass is 10.3. The van der Waals surface area contributed by atoms with Crippen LogP contribution in [0.4, 0.5) is 0 Å². The lowest BCUT2D eigenvalue weighted by molar-refractivity contribution is 0.340. The first-order chi connectivity index (χ1) is 10.1. The number of benzene rings is 2. The summed E-state index contributed by atoms with van der Waals surface area (Å²) in [6, 6.07) is 13.8. The van der Waals surface area contributed by atoms with E-state index >= 15 is 0 Å². The molecule has 2 aromatic rings. The Bertz CT molecular complexity index is 512. The average Bonchev–Trinajstić information content (AvgIpc) is 2.49. The van der Waals surface area contributed by atoms with E-state index in [4.69, 9.17) is 9.47 Å². The summed E-state index contributed by atoms with van der Waals surface area (Å²) in [7, 11) is -3.66. The van der Waals surface area contributed by atoms with Crippen molar-refractivity contribution >= 4 is 18.9 Å². The highest BCUT2D eigenvalue weighted by molar-refractivity contribution is 6.90. The predicted molar refractivity (Wildman–Crippen MR) is 84.7 cm³/mol. The van der Waals surface area contributed by atoms with E-state index in [-0.39, 0.29) is 0 Å². The normalized spacial score (nSPS) is 11.2. The molecule has 0 atom stereocenters. The first-order valence-corrected chi connectivity index (χ1v) is 8.88. The van der Waals surface area contributed by atoms with E-state index in [0.29, 0.717) is 23.6 Å². The van der Waals surface area contributed by atoms with Crippen molar-refractivity contribution in [2.75, 3.05) is 13.2 Å². The molecule has 0 radical (unpaired) electrons. The van der Waals surface area contributed by atoms with Crippen LogP contribution in [-0.2, 0) is 0 Å². The summed E-state index contributed by atoms with van der Waals surface area (Å²) in [6.07, 6.45) is 0. The zero-order chi connectivity index (χ0) is 15.3. The number of rotatable bonds is 6. The molecule has 0 spiro atoms. The van der Waals surface area contributed by atoms with Crippen molar-refractivity contribution in [2.45, 2.75) is 13.8 Å². The molecule has 2 aromatic carbocycles. The minimum absolute atomic E-state index is 0.523. The molecule has 5 heteroatoms. The molecule has 0 amide bonds. The van der Waals surface area contributed by atoms with Crippen molar-refractivity contribution in [3.63, 3.8) is 0 Å². The van der Waals surface area contributed by atoms with E-state index in [9.17, 15) is 9.59 Å². The Labute approximate surface area is 125 Å². The van der Waals surface area contributed by atoms with Gasteiger partial charge in [0, 0.05) is 0 Å². The molecular formula is C16H20O4Si. The van der Waals surface area contributed by atoms with Crippen molar-refractivity contribution in [2.24, 2.45) is 0 Å². The van der Waals surface area contributed by atoms with E-state index < -0.39 is 8.56 Å². The number of ether oxygens (including phenoxy) is 2. The SMILES string of the molecule is CCOc1ccc([Si](O)(O)c2ccc(OCC)cc2)cc1. The Hall–Kier alpha value is -1.82. The quantitative estimate of drug-likeness (QED) is 0.783. The summed E-state index contributed by atoms with van der Waals surface area (Å²) >= 11 is 0. The average molecular weight is 304 g/mol. The third-order valence-electron chi connectivity index (χ3n) is 3.14. The predicted octanol–water partition coefficient (Wildman–Crippen LogP) is 1.02. The first-order valence-electron chi connectivity index (χ1n) is 6.99. The van der Waals surface area contributed by atoms with Gasteiger partial charge in [-0.3, -0.25) is 0 Å². The standard InChI is InChI=1S/C16H20O4Si/c1-3-19-13-5-9-15(10-6-13)21(17,18)16-11-7-14(8-12-16)20-4-2/h5-12,17-18H,3-4H2,1-2H3. The van der Waals surface area contributed by atoms with Crippen LogP contribution in [0, 0.1) is 0 Å². The molecule has 0 heterocycles. The summed E-state index contributed by atoms with van der Waals surface area (Å²) in [5.41, 5.74) is 0. The first kappa shape index (κ1) is 15.6. The third kappa shape index (κ3) is 3.63. The van der Waals surface area contributed by atoms with Crippen molar-refractivity contribution in [3.8, 4) is 11.5 Å². The minimum atomic E-state index is -3.66. The van der Waals surface area contributed by atoms with Crippen LogP contribution < -0.4 is 19.8 Å². The van der Waals surface area contributed by atoms with Crippen LogP contribution >= 0.6 is 0 Å². The highest BCUT2D eigenvalue weighted by Crippen LogP contribution is 2.11. The fourth-order valence-corrected chi connectivity index (χ4v) is 3.66. The topological polar surface area (TPSA) is 58.9 Å². The zero-order valence-electron chi connectivity index (χ0n) is 12.2. The molecular weight excluding hydrogens is 284 g/mol. The van der Waals surface area contributed by atoms with Crippen LogP contribution in [0.1, 0.15) is 13.8 Å². The summed E-state index contributed by atoms with van der Waals surface area (Å²) in [4.78, 5) is 21.0. The van der Waals surface area contributed by atoms with E-state index in [2.05, 4.69) is 0 Å². The van der Waals surface area contributed by atoms with Crippen LogP contribution in [-0.4, -0.2) is 31.4 Å². The molecule has 0 aliphatic heterocycles. The molecule has 0 aliphatic rings. The third-order valence-corrected chi connectivity index (χ3v) is 5.41. The van der Waals surface area contributed by atoms with Crippen LogP contribution in [0.5, 0.6) is 11.5 Å². The van der Waals surface area contributed by atoms with Crippen LogP contribution in [0.3, 0.4) is 0 Å². The largest absolute Gasteiger partial charge is 0.494 e. The van der Waals surface area contributed by atoms with E-state index in [0.717, 1.165) is 11.5 Å². The van der Waals surface area contributed by atoms with Crippen molar-refractivity contribution in [3.05, 3.63) is 48.5 Å². The molecule has 0 saturated heterocycles. The van der Waals surface area contributed by atoms with Gasteiger partial charge in [-0.25, -0.2) is 0 Å². The maximum Gasteiger partial charge on any atom is 0.401 e. The lowest BCUT2D eigenvalue weighted by Crippen LogP contribution is -2.59. The highest BCUT2D eigenvalue weighted by atomic mass is 28.4. The van der Waals surface area contributed by atoms with Gasteiger partial charge in [-0.1, -0.05) is 24.3 Å². The Morgan fingerprint density at radius 2 is 1.05 bits per heavy atom. The Balaban J connectivity index is 2.23. The van der Waals surface area contributed by atoms with E-state index in [1.54, 1.807) is 48.5 Å². The van der Waals surface area contributed by atoms with Gasteiger partial charge in [-0.05, 0) is 48.5 Å². The lowest BCUT2D eigenvalue weighted by Gasteiger charge is -2.19. The van der Waals surface area contributed by atoms with Crippen molar-refractivity contribution in [1.29, 1.82) is 0 Å². The minimum Gasteiger partial charge on any atom is -0.494 e. The molecule has 112 valence electrons. The van der Waals surface area contributed by atoms with Crippen LogP contribution in [0.25, 0.3) is 0 Å². The Kier molecular flexibility index (Phi) is 5.01. The molecule has 2 N–H and O–H groups in total. The Morgan fingerprint density at radius 1 is 0.714 bits per heavy atom. The highest BCUT2D eigenvalue weighted by Gasteiger charge is 2.34. The van der Waals surface area contributed by atoms with Gasteiger partial charge >= 0.3 is 8.56 Å². The second-order valence-electron chi connectivity index (χ2n) is 4.59. The van der Waals surface area contributed by atoms with E-state index in [1.807, 2.05) is 13.8 Å². The Morgan fingerprint density at radius 3 is 1.33 bits per heavy atom. The van der Waals surface area contributed by atoms with Gasteiger partial charge < -0.3 is 19.1 Å². The smallest absolute Gasteiger partial charge is 0.401 e. The molecule has 0 saturated carbocycles. The monoisotopic (exact) mass is 304 g/mol. The fourth-order valence-electron chi connectivity index (χ4n) is 2.07. The molecule has 0 bridgehead atoms. The van der Waals surface area contributed by atoms with Crippen LogP contribution in [0.2, 0.25) is 0 Å². The van der Waals surface area contributed by atoms with Gasteiger partial charge in [0.05, 0.1) is 13.2 Å². The second kappa shape index (κ2) is 6.75. The van der Waals surface area contributed by atoms with E-state index in [1.165, 1.54) is 0 Å². The molecule has 21 heavy (non-hydrogen) atoms. The molecule has 2 rings (SSSR count). The molecule has 0 fully saturated rings. The van der Waals surface area contributed by atoms with Gasteiger partial charge in [0.1, 0.15) is 11.5 Å².